The van der Waals surface area contributed by atoms with Crippen molar-refractivity contribution in [2.45, 2.75) is 6.42 Å². The van der Waals surface area contributed by atoms with Gasteiger partial charge in [0.2, 0.25) is 5.91 Å². The summed E-state index contributed by atoms with van der Waals surface area (Å²) in [7, 11) is 0. The molecule has 33 heavy (non-hydrogen) atoms. The summed E-state index contributed by atoms with van der Waals surface area (Å²) in [6.07, 6.45) is 5.36. The topological polar surface area (TPSA) is 114 Å². The Morgan fingerprint density at radius 3 is 2.45 bits per heavy atom. The van der Waals surface area contributed by atoms with E-state index < -0.39 is 0 Å². The van der Waals surface area contributed by atoms with Gasteiger partial charge in [0.25, 0.3) is 5.91 Å². The van der Waals surface area contributed by atoms with E-state index in [0.717, 1.165) is 17.0 Å². The number of rotatable bonds is 8. The Kier molecular flexibility index (Phi) is 7.01. The first-order chi connectivity index (χ1) is 16.1. The van der Waals surface area contributed by atoms with Gasteiger partial charge in [0.1, 0.15) is 6.54 Å². The van der Waals surface area contributed by atoms with Gasteiger partial charge in [-0.05, 0) is 36.4 Å². The van der Waals surface area contributed by atoms with Crippen LogP contribution >= 0.6 is 11.3 Å². The Hall–Kier alpha value is -4.11. The van der Waals surface area contributed by atoms with Crippen molar-refractivity contribution in [1.29, 1.82) is 0 Å². The van der Waals surface area contributed by atoms with Gasteiger partial charge in [-0.1, -0.05) is 18.2 Å². The van der Waals surface area contributed by atoms with Crippen LogP contribution in [0.5, 0.6) is 0 Å². The number of nitrogen functional groups attached to an aromatic ring is 1. The summed E-state index contributed by atoms with van der Waals surface area (Å²) in [6, 6.07) is 16.2. The molecular weight excluding hydrogens is 436 g/mol. The molecule has 3 N–H and O–H groups in total. The molecule has 0 saturated carbocycles. The molecule has 0 atom stereocenters. The third kappa shape index (κ3) is 5.98. The number of amides is 2. The largest absolute Gasteiger partial charge is 0.375 e. The van der Waals surface area contributed by atoms with E-state index in [1.165, 1.54) is 16.2 Å². The second-order valence-corrected chi connectivity index (χ2v) is 8.12. The zero-order valence-electron chi connectivity index (χ0n) is 17.7. The molecule has 0 spiro atoms. The van der Waals surface area contributed by atoms with E-state index in [9.17, 15) is 9.59 Å². The number of thiazole rings is 1. The number of hydrogen-bond donors (Lipinski definition) is 2. The first-order valence-corrected chi connectivity index (χ1v) is 11.2. The number of aromatic nitrogens is 3. The fourth-order valence-corrected chi connectivity index (χ4v) is 3.82. The summed E-state index contributed by atoms with van der Waals surface area (Å²) in [4.78, 5) is 39.8. The highest BCUT2D eigenvalue weighted by atomic mass is 32.1. The lowest BCUT2D eigenvalue weighted by Gasteiger charge is -2.22. The van der Waals surface area contributed by atoms with Gasteiger partial charge in [-0.2, -0.15) is 0 Å². The van der Waals surface area contributed by atoms with Crippen LogP contribution in [0.4, 0.5) is 10.8 Å². The Balaban J connectivity index is 1.43. The van der Waals surface area contributed by atoms with Crippen LogP contribution in [0.15, 0.2) is 78.6 Å². The SMILES string of the molecule is Nc1nc(-c2ccc(NC(=O)CN(CCc3ccccn3)C(=O)c3ccncc3)cc2)cs1. The molecule has 0 radical (unpaired) electrons. The average Bonchev–Trinajstić information content (AvgIpc) is 3.29. The Morgan fingerprint density at radius 2 is 1.79 bits per heavy atom. The second-order valence-electron chi connectivity index (χ2n) is 7.23. The highest BCUT2D eigenvalue weighted by molar-refractivity contribution is 7.13. The summed E-state index contributed by atoms with van der Waals surface area (Å²) in [6.45, 7) is 0.272. The molecule has 9 heteroatoms. The van der Waals surface area contributed by atoms with Gasteiger partial charge in [0.15, 0.2) is 5.13 Å². The van der Waals surface area contributed by atoms with E-state index in [4.69, 9.17) is 5.73 Å². The summed E-state index contributed by atoms with van der Waals surface area (Å²) < 4.78 is 0. The summed E-state index contributed by atoms with van der Waals surface area (Å²) in [5.41, 5.74) is 9.36. The van der Waals surface area contributed by atoms with Crippen molar-refractivity contribution < 1.29 is 9.59 Å². The van der Waals surface area contributed by atoms with Crippen molar-refractivity contribution in [3.05, 3.63) is 89.8 Å². The molecule has 0 unspecified atom stereocenters. The lowest BCUT2D eigenvalue weighted by Crippen LogP contribution is -2.39. The molecule has 0 saturated heterocycles. The molecule has 0 fully saturated rings. The van der Waals surface area contributed by atoms with Crippen molar-refractivity contribution in [3.8, 4) is 11.3 Å². The van der Waals surface area contributed by atoms with Crippen LogP contribution in [0.1, 0.15) is 16.1 Å². The fraction of sp³-hybridized carbons (Fsp3) is 0.125. The highest BCUT2D eigenvalue weighted by Crippen LogP contribution is 2.24. The number of carbonyl (C=O) groups excluding carboxylic acids is 2. The van der Waals surface area contributed by atoms with E-state index >= 15 is 0 Å². The monoisotopic (exact) mass is 458 g/mol. The number of benzene rings is 1. The Morgan fingerprint density at radius 1 is 1.00 bits per heavy atom. The molecule has 1 aromatic carbocycles. The lowest BCUT2D eigenvalue weighted by molar-refractivity contribution is -0.116. The van der Waals surface area contributed by atoms with Crippen LogP contribution in [0.25, 0.3) is 11.3 Å². The summed E-state index contributed by atoms with van der Waals surface area (Å²) >= 11 is 1.38. The number of pyridine rings is 2. The van der Waals surface area contributed by atoms with Crippen LogP contribution in [-0.2, 0) is 11.2 Å². The minimum atomic E-state index is -0.288. The molecule has 166 valence electrons. The van der Waals surface area contributed by atoms with Crippen molar-refractivity contribution in [3.63, 3.8) is 0 Å². The van der Waals surface area contributed by atoms with Crippen molar-refractivity contribution in [2.24, 2.45) is 0 Å². The standard InChI is InChI=1S/C24H22N6O2S/c25-24-29-21(16-33-24)17-4-6-20(7-5-17)28-22(31)15-30(14-10-19-3-1-2-11-27-19)23(32)18-8-12-26-13-9-18/h1-9,11-13,16H,10,14-15H2,(H2,25,29)(H,28,31). The summed E-state index contributed by atoms with van der Waals surface area (Å²) in [5, 5.41) is 5.25. The third-order valence-corrected chi connectivity index (χ3v) is 5.57. The maximum Gasteiger partial charge on any atom is 0.254 e. The van der Waals surface area contributed by atoms with Gasteiger partial charge in [0, 0.05) is 59.4 Å². The minimum absolute atomic E-state index is 0.0850. The number of carbonyl (C=O) groups is 2. The predicted molar refractivity (Wildman–Crippen MR) is 129 cm³/mol. The highest BCUT2D eigenvalue weighted by Gasteiger charge is 2.19. The third-order valence-electron chi connectivity index (χ3n) is 4.90. The van der Waals surface area contributed by atoms with Gasteiger partial charge >= 0.3 is 0 Å². The van der Waals surface area contributed by atoms with Crippen LogP contribution < -0.4 is 11.1 Å². The molecule has 0 bridgehead atoms. The number of nitrogens with two attached hydrogens (primary N) is 1. The smallest absolute Gasteiger partial charge is 0.254 e. The van der Waals surface area contributed by atoms with Gasteiger partial charge in [-0.3, -0.25) is 19.6 Å². The Labute approximate surface area is 195 Å². The zero-order valence-corrected chi connectivity index (χ0v) is 18.5. The van der Waals surface area contributed by atoms with Crippen LogP contribution in [0.3, 0.4) is 0 Å². The van der Waals surface area contributed by atoms with E-state index in [0.29, 0.717) is 29.3 Å². The maximum atomic E-state index is 13.0. The summed E-state index contributed by atoms with van der Waals surface area (Å²) in [5.74, 6) is -0.524. The van der Waals surface area contributed by atoms with Gasteiger partial charge in [-0.25, -0.2) is 4.98 Å². The van der Waals surface area contributed by atoms with E-state index in [1.807, 2.05) is 35.7 Å². The zero-order chi connectivity index (χ0) is 23.0. The van der Waals surface area contributed by atoms with E-state index in [1.54, 1.807) is 42.9 Å². The van der Waals surface area contributed by atoms with Crippen LogP contribution in [0, 0.1) is 0 Å². The lowest BCUT2D eigenvalue weighted by atomic mass is 10.1. The molecule has 4 aromatic rings. The Bertz CT molecular complexity index is 1210. The molecule has 3 heterocycles. The minimum Gasteiger partial charge on any atom is -0.375 e. The van der Waals surface area contributed by atoms with Crippen LogP contribution in [0.2, 0.25) is 0 Å². The van der Waals surface area contributed by atoms with Crippen molar-refractivity contribution in [2.75, 3.05) is 24.1 Å². The quantitative estimate of drug-likeness (QED) is 0.418. The molecular formula is C24H22N6O2S. The molecule has 4 rings (SSSR count). The number of nitrogens with one attached hydrogen (secondary N) is 1. The molecule has 3 aromatic heterocycles. The predicted octanol–water partition coefficient (Wildman–Crippen LogP) is 3.51. The number of anilines is 2. The van der Waals surface area contributed by atoms with Gasteiger partial charge in [-0.15, -0.1) is 11.3 Å². The van der Waals surface area contributed by atoms with Gasteiger partial charge < -0.3 is 16.0 Å². The van der Waals surface area contributed by atoms with Gasteiger partial charge in [0.05, 0.1) is 5.69 Å². The number of nitrogens with zero attached hydrogens (tertiary/aromatic N) is 4. The van der Waals surface area contributed by atoms with Crippen molar-refractivity contribution >= 4 is 34.0 Å². The van der Waals surface area contributed by atoms with Crippen molar-refractivity contribution in [1.82, 2.24) is 19.9 Å². The first-order valence-electron chi connectivity index (χ1n) is 10.3. The number of hydrogen-bond acceptors (Lipinski definition) is 7. The molecule has 0 aliphatic carbocycles. The second kappa shape index (κ2) is 10.5. The molecule has 8 nitrogen and oxygen atoms in total. The molecule has 2 amide bonds. The average molecular weight is 459 g/mol. The first kappa shape index (κ1) is 22.1. The maximum absolute atomic E-state index is 13.0. The molecule has 0 aliphatic heterocycles. The van der Waals surface area contributed by atoms with E-state index in [-0.39, 0.29) is 18.4 Å². The fourth-order valence-electron chi connectivity index (χ4n) is 3.24. The van der Waals surface area contributed by atoms with E-state index in [2.05, 4.69) is 20.3 Å². The van der Waals surface area contributed by atoms with Crippen LogP contribution in [-0.4, -0.2) is 44.8 Å². The normalized spacial score (nSPS) is 10.5. The molecule has 0 aliphatic rings.